The zero-order valence-electron chi connectivity index (χ0n) is 16.6. The Balaban J connectivity index is 1.92. The highest BCUT2D eigenvalue weighted by Gasteiger charge is 2.29. The van der Waals surface area contributed by atoms with Crippen molar-refractivity contribution in [2.45, 2.75) is 56.3 Å². The Morgan fingerprint density at radius 1 is 1.24 bits per heavy atom. The lowest BCUT2D eigenvalue weighted by molar-refractivity contribution is -0.137. The van der Waals surface area contributed by atoms with E-state index in [-0.39, 0.29) is 17.2 Å². The van der Waals surface area contributed by atoms with Crippen molar-refractivity contribution in [2.24, 2.45) is 0 Å². The van der Waals surface area contributed by atoms with Gasteiger partial charge in [-0.3, -0.25) is 4.79 Å². The quantitative estimate of drug-likeness (QED) is 0.517. The zero-order chi connectivity index (χ0) is 21.8. The van der Waals surface area contributed by atoms with Gasteiger partial charge < -0.3 is 15.9 Å². The molecule has 0 fully saturated rings. The highest BCUT2D eigenvalue weighted by molar-refractivity contribution is 8.00. The lowest BCUT2D eigenvalue weighted by atomic mass is 9.87. The summed E-state index contributed by atoms with van der Waals surface area (Å²) in [5.41, 5.74) is 1.20. The fourth-order valence-electron chi connectivity index (χ4n) is 2.23. The summed E-state index contributed by atoms with van der Waals surface area (Å²) in [5.74, 6) is 6.10. The summed E-state index contributed by atoms with van der Waals surface area (Å²) in [7, 11) is 0. The summed E-state index contributed by atoms with van der Waals surface area (Å²) in [5, 5.41) is 8.98. The molecule has 0 saturated carbocycles. The van der Waals surface area contributed by atoms with Gasteiger partial charge in [-0.2, -0.15) is 13.2 Å². The second-order valence-electron chi connectivity index (χ2n) is 7.42. The Labute approximate surface area is 171 Å². The Morgan fingerprint density at radius 3 is 2.41 bits per heavy atom. The van der Waals surface area contributed by atoms with Gasteiger partial charge in [-0.1, -0.05) is 44.7 Å². The second-order valence-corrected chi connectivity index (χ2v) is 8.73. The van der Waals surface area contributed by atoms with Gasteiger partial charge >= 0.3 is 6.18 Å². The maximum atomic E-state index is 12.2. The zero-order valence-corrected chi connectivity index (χ0v) is 17.4. The van der Waals surface area contributed by atoms with E-state index in [2.05, 4.69) is 31.0 Å². The molecule has 0 aliphatic rings. The summed E-state index contributed by atoms with van der Waals surface area (Å²) in [4.78, 5) is 11.8. The highest BCUT2D eigenvalue weighted by atomic mass is 32.2. The first-order chi connectivity index (χ1) is 13.4. The Hall–Kier alpha value is -2.43. The van der Waals surface area contributed by atoms with Crippen LogP contribution in [0.25, 0.3) is 0 Å². The average Bonchev–Trinajstić information content (AvgIpc) is 2.96. The number of rotatable bonds is 7. The lowest BCUT2D eigenvalue weighted by Gasteiger charge is -2.19. The number of ether oxygens (including phenoxy) is 1. The first-order valence-electron chi connectivity index (χ1n) is 8.80. The monoisotopic (exact) mass is 431 g/mol. The van der Waals surface area contributed by atoms with Gasteiger partial charge in [0, 0.05) is 0 Å². The van der Waals surface area contributed by atoms with Crippen molar-refractivity contribution in [3.05, 3.63) is 35.7 Å². The average molecular weight is 431 g/mol. The number of benzene rings is 1. The number of alkyl halides is 3. The molecule has 1 atom stereocenters. The normalized spacial score (nSPS) is 13.2. The molecule has 3 N–H and O–H groups in total. The molecular formula is C18H24F3N5O2S. The van der Waals surface area contributed by atoms with Gasteiger partial charge in [0.05, 0.1) is 5.25 Å². The van der Waals surface area contributed by atoms with E-state index in [0.29, 0.717) is 11.6 Å². The van der Waals surface area contributed by atoms with E-state index in [0.717, 1.165) is 16.4 Å². The van der Waals surface area contributed by atoms with E-state index in [4.69, 9.17) is 10.6 Å². The van der Waals surface area contributed by atoms with Gasteiger partial charge in [0.2, 0.25) is 11.1 Å². The van der Waals surface area contributed by atoms with E-state index in [9.17, 15) is 18.0 Å². The molecule has 29 heavy (non-hydrogen) atoms. The van der Waals surface area contributed by atoms with E-state index >= 15 is 0 Å². The summed E-state index contributed by atoms with van der Waals surface area (Å²) in [6, 6.07) is 7.65. The molecule has 0 radical (unpaired) electrons. The van der Waals surface area contributed by atoms with Gasteiger partial charge in [-0.05, 0) is 30.0 Å². The third-order valence-electron chi connectivity index (χ3n) is 3.94. The minimum absolute atomic E-state index is 0.0329. The number of hydrogen-bond donors (Lipinski definition) is 2. The molecule has 7 nitrogen and oxygen atoms in total. The number of nitrogens with one attached hydrogen (secondary N) is 1. The number of halogens is 3. The van der Waals surface area contributed by atoms with Gasteiger partial charge in [0.25, 0.3) is 0 Å². The number of carbonyl (C=O) groups is 1. The van der Waals surface area contributed by atoms with Crippen LogP contribution in [0, 0.1) is 0 Å². The Morgan fingerprint density at radius 2 is 1.86 bits per heavy atom. The van der Waals surface area contributed by atoms with Crippen molar-refractivity contribution in [1.82, 2.24) is 20.2 Å². The van der Waals surface area contributed by atoms with Crippen molar-refractivity contribution in [3.8, 4) is 5.75 Å². The van der Waals surface area contributed by atoms with Crippen LogP contribution in [0.1, 0.15) is 39.1 Å². The van der Waals surface area contributed by atoms with Crippen LogP contribution in [0.5, 0.6) is 5.75 Å². The lowest BCUT2D eigenvalue weighted by Crippen LogP contribution is -2.38. The van der Waals surface area contributed by atoms with Crippen LogP contribution in [0.3, 0.4) is 0 Å². The molecule has 2 aromatic rings. The predicted octanol–water partition coefficient (Wildman–Crippen LogP) is 3.03. The number of nitrogens with two attached hydrogens (primary N) is 1. The van der Waals surface area contributed by atoms with E-state index in [1.54, 1.807) is 0 Å². The van der Waals surface area contributed by atoms with Crippen molar-refractivity contribution >= 4 is 17.7 Å². The van der Waals surface area contributed by atoms with Gasteiger partial charge in [0.1, 0.15) is 18.9 Å². The molecule has 1 amide bonds. The Bertz CT molecular complexity index is 832. The minimum atomic E-state index is -4.47. The van der Waals surface area contributed by atoms with Crippen LogP contribution in [0.2, 0.25) is 0 Å². The van der Waals surface area contributed by atoms with E-state index < -0.39 is 23.9 Å². The third kappa shape index (κ3) is 6.84. The van der Waals surface area contributed by atoms with Crippen molar-refractivity contribution in [2.75, 3.05) is 12.4 Å². The fraction of sp³-hybridized carbons (Fsp3) is 0.500. The molecule has 1 aromatic heterocycles. The fourth-order valence-corrected chi connectivity index (χ4v) is 3.04. The molecule has 0 saturated heterocycles. The molecule has 160 valence electrons. The number of nitrogen functional groups attached to an aromatic ring is 1. The maximum absolute atomic E-state index is 12.2. The summed E-state index contributed by atoms with van der Waals surface area (Å²) >= 11 is 0.905. The molecule has 0 aliphatic heterocycles. The molecule has 0 bridgehead atoms. The van der Waals surface area contributed by atoms with Crippen LogP contribution in [-0.4, -0.2) is 38.8 Å². The van der Waals surface area contributed by atoms with E-state index in [1.807, 2.05) is 29.6 Å². The number of thioether (sulfide) groups is 1. The third-order valence-corrected chi connectivity index (χ3v) is 4.99. The van der Waals surface area contributed by atoms with Gasteiger partial charge in [-0.15, -0.1) is 10.2 Å². The van der Waals surface area contributed by atoms with Crippen LogP contribution in [-0.2, 0) is 16.8 Å². The first kappa shape index (κ1) is 22.9. The number of hydrogen-bond acceptors (Lipinski definition) is 6. The van der Waals surface area contributed by atoms with Gasteiger partial charge in [-0.25, -0.2) is 4.68 Å². The van der Waals surface area contributed by atoms with Crippen LogP contribution >= 0.6 is 11.8 Å². The van der Waals surface area contributed by atoms with Crippen molar-refractivity contribution in [3.63, 3.8) is 0 Å². The smallest absolute Gasteiger partial charge is 0.405 e. The summed E-state index contributed by atoms with van der Waals surface area (Å²) in [6.45, 7) is 6.46. The summed E-state index contributed by atoms with van der Waals surface area (Å²) in [6.07, 6.45) is -4.47. The second kappa shape index (κ2) is 8.93. The standard InChI is InChI=1S/C18H24F3N5O2S/c1-11(15(27)23-10-18(19,20)21)29-16-25-24-14(26(16)22)9-28-13-7-5-12(6-8-13)17(2,3)4/h5-8,11H,9-10,22H2,1-4H3,(H,23,27). The molecule has 1 unspecified atom stereocenters. The van der Waals surface area contributed by atoms with Crippen LogP contribution in [0.15, 0.2) is 29.4 Å². The number of nitrogens with zero attached hydrogens (tertiary/aromatic N) is 3. The molecule has 1 aromatic carbocycles. The topological polar surface area (TPSA) is 95.1 Å². The van der Waals surface area contributed by atoms with Crippen LogP contribution in [0.4, 0.5) is 13.2 Å². The maximum Gasteiger partial charge on any atom is 0.405 e. The molecule has 11 heteroatoms. The van der Waals surface area contributed by atoms with Crippen LogP contribution < -0.4 is 15.9 Å². The number of carbonyl (C=O) groups excluding carboxylic acids is 1. The predicted molar refractivity (Wildman–Crippen MR) is 104 cm³/mol. The molecule has 0 spiro atoms. The first-order valence-corrected chi connectivity index (χ1v) is 9.68. The summed E-state index contributed by atoms with van der Waals surface area (Å²) < 4.78 is 43.4. The number of aromatic nitrogens is 3. The highest BCUT2D eigenvalue weighted by Crippen LogP contribution is 2.25. The molecular weight excluding hydrogens is 407 g/mol. The SMILES string of the molecule is CC(Sc1nnc(COc2ccc(C(C)(C)C)cc2)n1N)C(=O)NCC(F)(F)F. The molecule has 2 rings (SSSR count). The number of amides is 1. The van der Waals surface area contributed by atoms with Crippen molar-refractivity contribution in [1.29, 1.82) is 0 Å². The molecule has 0 aliphatic carbocycles. The van der Waals surface area contributed by atoms with E-state index in [1.165, 1.54) is 12.5 Å². The van der Waals surface area contributed by atoms with Gasteiger partial charge in [0.15, 0.2) is 5.82 Å². The minimum Gasteiger partial charge on any atom is -0.486 e. The van der Waals surface area contributed by atoms with Crippen molar-refractivity contribution < 1.29 is 22.7 Å². The Kier molecular flexibility index (Phi) is 7.04. The molecule has 1 heterocycles. The largest absolute Gasteiger partial charge is 0.486 e.